The third kappa shape index (κ3) is 3.69. The first-order valence-electron chi connectivity index (χ1n) is 6.97. The van der Waals surface area contributed by atoms with Crippen molar-refractivity contribution in [3.63, 3.8) is 0 Å². The maximum Gasteiger partial charge on any atom is 0.123 e. The van der Waals surface area contributed by atoms with E-state index in [-0.39, 0.29) is 6.04 Å². The molecule has 0 amide bonds. The number of nitrogens with two attached hydrogens (primary N) is 1. The Bertz CT molecular complexity index is 403. The Morgan fingerprint density at radius 2 is 2.32 bits per heavy atom. The van der Waals surface area contributed by atoms with Crippen molar-refractivity contribution in [3.8, 4) is 5.75 Å². The molecule has 4 heteroatoms. The minimum atomic E-state index is 0.0675. The van der Waals surface area contributed by atoms with Crippen LogP contribution in [0.4, 0.5) is 0 Å². The number of methoxy groups -OCH3 is 1. The molecule has 3 N–H and O–H groups in total. The van der Waals surface area contributed by atoms with Gasteiger partial charge >= 0.3 is 0 Å². The highest BCUT2D eigenvalue weighted by Crippen LogP contribution is 2.31. The summed E-state index contributed by atoms with van der Waals surface area (Å²) in [5, 5.41) is 0. The molecule has 1 fully saturated rings. The van der Waals surface area contributed by atoms with Crippen LogP contribution in [0.2, 0.25) is 0 Å². The normalized spacial score (nSPS) is 21.1. The Labute approximate surface area is 115 Å². The summed E-state index contributed by atoms with van der Waals surface area (Å²) in [6.45, 7) is 2.94. The molecule has 0 saturated carbocycles. The highest BCUT2D eigenvalue weighted by molar-refractivity contribution is 5.39. The first-order chi connectivity index (χ1) is 9.24. The zero-order chi connectivity index (χ0) is 13.7. The van der Waals surface area contributed by atoms with E-state index in [2.05, 4.69) is 18.4 Å². The third-order valence-electron chi connectivity index (χ3n) is 3.73. The zero-order valence-electron chi connectivity index (χ0n) is 11.8. The molecule has 0 aromatic heterocycles. The Hall–Kier alpha value is -1.10. The van der Waals surface area contributed by atoms with Gasteiger partial charge in [-0.15, -0.1) is 0 Å². The van der Waals surface area contributed by atoms with Gasteiger partial charge in [0.05, 0.1) is 19.3 Å². The smallest absolute Gasteiger partial charge is 0.123 e. The summed E-state index contributed by atoms with van der Waals surface area (Å²) in [5.41, 5.74) is 5.23. The molecule has 2 rings (SSSR count). The molecule has 1 aliphatic rings. The van der Waals surface area contributed by atoms with Crippen LogP contribution in [-0.4, -0.2) is 19.8 Å². The van der Waals surface area contributed by atoms with Crippen LogP contribution in [0.1, 0.15) is 42.9 Å². The van der Waals surface area contributed by atoms with E-state index in [1.54, 1.807) is 7.11 Å². The van der Waals surface area contributed by atoms with E-state index in [9.17, 15) is 0 Å². The first-order valence-corrected chi connectivity index (χ1v) is 6.97. The lowest BCUT2D eigenvalue weighted by atomic mass is 9.95. The summed E-state index contributed by atoms with van der Waals surface area (Å²) < 4.78 is 11.2. The highest BCUT2D eigenvalue weighted by Gasteiger charge is 2.22. The molecule has 4 nitrogen and oxygen atoms in total. The molecule has 0 aliphatic carbocycles. The second kappa shape index (κ2) is 6.89. The molecule has 1 heterocycles. The van der Waals surface area contributed by atoms with Gasteiger partial charge in [0.15, 0.2) is 0 Å². The molecule has 0 bridgehead atoms. The molecule has 2 atom stereocenters. The van der Waals surface area contributed by atoms with Crippen molar-refractivity contribution in [2.24, 2.45) is 5.84 Å². The van der Waals surface area contributed by atoms with Gasteiger partial charge in [0.25, 0.3) is 0 Å². The average molecular weight is 264 g/mol. The zero-order valence-corrected chi connectivity index (χ0v) is 11.8. The molecule has 19 heavy (non-hydrogen) atoms. The molecule has 1 aromatic rings. The maximum atomic E-state index is 5.80. The lowest BCUT2D eigenvalue weighted by Gasteiger charge is -2.27. The minimum absolute atomic E-state index is 0.0675. The standard InChI is InChI=1S/C15H24N2O2/c1-11-6-7-15(18-2)13(9-11)14(17-16)10-12-5-3-4-8-19-12/h6-7,9,12,14,17H,3-5,8,10,16H2,1-2H3. The maximum absolute atomic E-state index is 5.80. The van der Waals surface area contributed by atoms with Crippen molar-refractivity contribution in [1.29, 1.82) is 0 Å². The summed E-state index contributed by atoms with van der Waals surface area (Å²) in [7, 11) is 1.69. The number of hydrogen-bond acceptors (Lipinski definition) is 4. The Morgan fingerprint density at radius 1 is 1.47 bits per heavy atom. The van der Waals surface area contributed by atoms with Crippen molar-refractivity contribution in [2.75, 3.05) is 13.7 Å². The molecule has 0 radical (unpaired) electrons. The van der Waals surface area contributed by atoms with Crippen LogP contribution in [0.3, 0.4) is 0 Å². The minimum Gasteiger partial charge on any atom is -0.496 e. The number of hydrogen-bond donors (Lipinski definition) is 2. The number of nitrogens with one attached hydrogen (secondary N) is 1. The molecule has 1 saturated heterocycles. The first kappa shape index (κ1) is 14.3. The molecule has 106 valence electrons. The number of benzene rings is 1. The van der Waals surface area contributed by atoms with Crippen LogP contribution in [-0.2, 0) is 4.74 Å². The van der Waals surface area contributed by atoms with E-state index in [4.69, 9.17) is 15.3 Å². The van der Waals surface area contributed by atoms with Crippen LogP contribution in [0.15, 0.2) is 18.2 Å². The fourth-order valence-electron chi connectivity index (χ4n) is 2.67. The second-order valence-corrected chi connectivity index (χ2v) is 5.19. The van der Waals surface area contributed by atoms with Crippen LogP contribution in [0.5, 0.6) is 5.75 Å². The van der Waals surface area contributed by atoms with Crippen LogP contribution in [0, 0.1) is 6.92 Å². The summed E-state index contributed by atoms with van der Waals surface area (Å²) in [4.78, 5) is 0. The molecular weight excluding hydrogens is 240 g/mol. The molecular formula is C15H24N2O2. The van der Waals surface area contributed by atoms with Gasteiger partial charge < -0.3 is 9.47 Å². The van der Waals surface area contributed by atoms with Crippen molar-refractivity contribution in [3.05, 3.63) is 29.3 Å². The average Bonchev–Trinajstić information content (AvgIpc) is 2.46. The quantitative estimate of drug-likeness (QED) is 0.633. The third-order valence-corrected chi connectivity index (χ3v) is 3.73. The fraction of sp³-hybridized carbons (Fsp3) is 0.600. The summed E-state index contributed by atoms with van der Waals surface area (Å²) in [6, 6.07) is 6.24. The monoisotopic (exact) mass is 264 g/mol. The van der Waals surface area contributed by atoms with E-state index in [0.29, 0.717) is 6.10 Å². The molecule has 2 unspecified atom stereocenters. The van der Waals surface area contributed by atoms with Gasteiger partial charge in [0.1, 0.15) is 5.75 Å². The number of aryl methyl sites for hydroxylation is 1. The Balaban J connectivity index is 2.13. The molecule has 1 aromatic carbocycles. The topological polar surface area (TPSA) is 56.5 Å². The van der Waals surface area contributed by atoms with Gasteiger partial charge in [0.2, 0.25) is 0 Å². The van der Waals surface area contributed by atoms with Crippen molar-refractivity contribution in [1.82, 2.24) is 5.43 Å². The predicted octanol–water partition coefficient (Wildman–Crippen LogP) is 2.47. The van der Waals surface area contributed by atoms with E-state index in [1.165, 1.54) is 18.4 Å². The second-order valence-electron chi connectivity index (χ2n) is 5.19. The predicted molar refractivity (Wildman–Crippen MR) is 76.0 cm³/mol. The van der Waals surface area contributed by atoms with Crippen molar-refractivity contribution < 1.29 is 9.47 Å². The fourth-order valence-corrected chi connectivity index (χ4v) is 2.67. The summed E-state index contributed by atoms with van der Waals surface area (Å²) >= 11 is 0. The number of rotatable bonds is 5. The van der Waals surface area contributed by atoms with Crippen molar-refractivity contribution >= 4 is 0 Å². The molecule has 0 spiro atoms. The Morgan fingerprint density at radius 3 is 2.95 bits per heavy atom. The van der Waals surface area contributed by atoms with Gasteiger partial charge in [-0.2, -0.15) is 0 Å². The number of hydrazine groups is 1. The van der Waals surface area contributed by atoms with Crippen LogP contribution >= 0.6 is 0 Å². The highest BCUT2D eigenvalue weighted by atomic mass is 16.5. The summed E-state index contributed by atoms with van der Waals surface area (Å²) in [5.74, 6) is 6.61. The SMILES string of the molecule is COc1ccc(C)cc1C(CC1CCCCO1)NN. The van der Waals surface area contributed by atoms with Crippen LogP contribution < -0.4 is 16.0 Å². The largest absolute Gasteiger partial charge is 0.496 e. The van der Waals surface area contributed by atoms with E-state index in [1.807, 2.05) is 12.1 Å². The Kier molecular flexibility index (Phi) is 5.19. The van der Waals surface area contributed by atoms with Gasteiger partial charge in [-0.25, -0.2) is 0 Å². The lowest BCUT2D eigenvalue weighted by Crippen LogP contribution is -2.33. The summed E-state index contributed by atoms with van der Waals surface area (Å²) in [6.07, 6.45) is 4.71. The van der Waals surface area contributed by atoms with E-state index < -0.39 is 0 Å². The van der Waals surface area contributed by atoms with Crippen molar-refractivity contribution in [2.45, 2.75) is 44.8 Å². The van der Waals surface area contributed by atoms with E-state index in [0.717, 1.165) is 30.8 Å². The van der Waals surface area contributed by atoms with Gasteiger partial charge in [-0.3, -0.25) is 11.3 Å². The number of ether oxygens (including phenoxy) is 2. The van der Waals surface area contributed by atoms with Gasteiger partial charge in [0, 0.05) is 12.2 Å². The lowest BCUT2D eigenvalue weighted by molar-refractivity contribution is 0.00490. The van der Waals surface area contributed by atoms with Crippen LogP contribution in [0.25, 0.3) is 0 Å². The van der Waals surface area contributed by atoms with Gasteiger partial charge in [-0.1, -0.05) is 17.7 Å². The van der Waals surface area contributed by atoms with E-state index >= 15 is 0 Å². The molecule has 1 aliphatic heterocycles. The van der Waals surface area contributed by atoms with Gasteiger partial charge in [-0.05, 0) is 38.7 Å².